The lowest BCUT2D eigenvalue weighted by Gasteiger charge is -2.04. The number of nitro groups is 1. The monoisotopic (exact) mass is 246 g/mol. The van der Waals surface area contributed by atoms with Gasteiger partial charge in [0.25, 0.3) is 0 Å². The lowest BCUT2D eigenvalue weighted by molar-refractivity contribution is -0.384. The predicted molar refractivity (Wildman–Crippen MR) is 64.7 cm³/mol. The highest BCUT2D eigenvalue weighted by molar-refractivity contribution is 5.55. The number of hydrogen-bond acceptors (Lipinski definition) is 7. The number of anilines is 2. The van der Waals surface area contributed by atoms with Crippen LogP contribution < -0.4 is 11.1 Å². The Bertz CT molecular complexity index is 574. The van der Waals surface area contributed by atoms with E-state index >= 15 is 0 Å². The largest absolute Gasteiger partial charge is 0.384 e. The van der Waals surface area contributed by atoms with Crippen molar-refractivity contribution >= 4 is 17.3 Å². The van der Waals surface area contributed by atoms with E-state index in [0.29, 0.717) is 11.6 Å². The van der Waals surface area contributed by atoms with Gasteiger partial charge in [0.05, 0.1) is 11.5 Å². The number of rotatable bonds is 4. The Hall–Kier alpha value is -2.77. The normalized spacial score (nSPS) is 10.0. The van der Waals surface area contributed by atoms with Gasteiger partial charge in [-0.2, -0.15) is 0 Å². The molecule has 0 saturated heterocycles. The lowest BCUT2D eigenvalue weighted by atomic mass is 10.4. The molecule has 0 aliphatic carbocycles. The summed E-state index contributed by atoms with van der Waals surface area (Å²) >= 11 is 0. The molecular weight excluding hydrogens is 236 g/mol. The fraction of sp³-hybridized carbons (Fsp3) is 0.100. The van der Waals surface area contributed by atoms with Crippen molar-refractivity contribution in [2.45, 2.75) is 6.54 Å². The summed E-state index contributed by atoms with van der Waals surface area (Å²) in [6, 6.07) is 4.43. The van der Waals surface area contributed by atoms with Gasteiger partial charge in [0.1, 0.15) is 11.6 Å². The lowest BCUT2D eigenvalue weighted by Crippen LogP contribution is -2.08. The van der Waals surface area contributed by atoms with Gasteiger partial charge in [0.15, 0.2) is 0 Å². The quantitative estimate of drug-likeness (QED) is 0.609. The minimum atomic E-state index is -0.504. The van der Waals surface area contributed by atoms with Crippen molar-refractivity contribution in [2.75, 3.05) is 11.1 Å². The molecule has 2 aromatic rings. The molecule has 8 heteroatoms. The Morgan fingerprint density at radius 1 is 1.33 bits per heavy atom. The van der Waals surface area contributed by atoms with Gasteiger partial charge in [0, 0.05) is 18.5 Å². The van der Waals surface area contributed by atoms with Gasteiger partial charge in [-0.25, -0.2) is 15.0 Å². The second-order valence-corrected chi connectivity index (χ2v) is 3.38. The number of aromatic nitrogens is 3. The smallest absolute Gasteiger partial charge is 0.311 e. The van der Waals surface area contributed by atoms with Crippen LogP contribution in [0.3, 0.4) is 0 Å². The van der Waals surface area contributed by atoms with E-state index in [1.165, 1.54) is 24.5 Å². The first-order chi connectivity index (χ1) is 8.66. The molecule has 0 atom stereocenters. The van der Waals surface area contributed by atoms with Crippen LogP contribution in [0.5, 0.6) is 0 Å². The Kier molecular flexibility index (Phi) is 3.28. The van der Waals surface area contributed by atoms with E-state index < -0.39 is 4.92 Å². The van der Waals surface area contributed by atoms with Crippen molar-refractivity contribution in [1.29, 1.82) is 0 Å². The van der Waals surface area contributed by atoms with Crippen molar-refractivity contribution < 1.29 is 4.92 Å². The molecule has 0 saturated carbocycles. The maximum atomic E-state index is 10.8. The summed E-state index contributed by atoms with van der Waals surface area (Å²) in [5.41, 5.74) is 5.41. The Labute approximate surface area is 102 Å². The van der Waals surface area contributed by atoms with Crippen molar-refractivity contribution in [3.63, 3.8) is 0 Å². The zero-order chi connectivity index (χ0) is 13.0. The molecule has 0 fully saturated rings. The van der Waals surface area contributed by atoms with E-state index in [4.69, 9.17) is 5.73 Å². The third-order valence-electron chi connectivity index (χ3n) is 2.12. The average molecular weight is 246 g/mol. The van der Waals surface area contributed by atoms with Gasteiger partial charge in [-0.3, -0.25) is 10.1 Å². The summed E-state index contributed by atoms with van der Waals surface area (Å²) in [6.07, 6.45) is 2.99. The molecule has 2 aromatic heterocycles. The van der Waals surface area contributed by atoms with Crippen LogP contribution in [0.15, 0.2) is 30.6 Å². The fourth-order valence-corrected chi connectivity index (χ4v) is 1.34. The number of nitrogens with one attached hydrogen (secondary N) is 1. The highest BCUT2D eigenvalue weighted by Crippen LogP contribution is 2.20. The molecule has 0 aliphatic heterocycles. The summed E-state index contributed by atoms with van der Waals surface area (Å²) < 4.78 is 0. The van der Waals surface area contributed by atoms with Crippen LogP contribution in [-0.2, 0) is 6.54 Å². The third-order valence-corrected chi connectivity index (χ3v) is 2.12. The standard InChI is InChI=1S/C10H10N6O2/c11-8-3-5-12-9(15-8)6-14-10-7(16(17)18)2-1-4-13-10/h1-5H,6H2,(H,13,14)(H2,11,12,15). The molecule has 0 unspecified atom stereocenters. The van der Waals surface area contributed by atoms with Gasteiger partial charge in [-0.05, 0) is 12.1 Å². The van der Waals surface area contributed by atoms with Gasteiger partial charge in [-0.15, -0.1) is 0 Å². The number of hydrogen-bond donors (Lipinski definition) is 2. The molecule has 2 rings (SSSR count). The zero-order valence-electron chi connectivity index (χ0n) is 9.28. The van der Waals surface area contributed by atoms with Crippen molar-refractivity contribution in [3.05, 3.63) is 46.5 Å². The molecule has 0 aromatic carbocycles. The topological polar surface area (TPSA) is 120 Å². The molecule has 2 heterocycles. The highest BCUT2D eigenvalue weighted by Gasteiger charge is 2.13. The first-order valence-corrected chi connectivity index (χ1v) is 5.07. The minimum Gasteiger partial charge on any atom is -0.384 e. The molecule has 0 bridgehead atoms. The molecular formula is C10H10N6O2. The Morgan fingerprint density at radius 2 is 2.17 bits per heavy atom. The molecule has 8 nitrogen and oxygen atoms in total. The van der Waals surface area contributed by atoms with Crippen LogP contribution in [0, 0.1) is 10.1 Å². The molecule has 18 heavy (non-hydrogen) atoms. The molecule has 0 radical (unpaired) electrons. The van der Waals surface area contributed by atoms with Crippen LogP contribution in [-0.4, -0.2) is 19.9 Å². The molecule has 92 valence electrons. The third kappa shape index (κ3) is 2.67. The summed E-state index contributed by atoms with van der Waals surface area (Å²) in [6.45, 7) is 0.211. The average Bonchev–Trinajstić information content (AvgIpc) is 2.37. The zero-order valence-corrected chi connectivity index (χ0v) is 9.28. The van der Waals surface area contributed by atoms with E-state index in [-0.39, 0.29) is 18.1 Å². The van der Waals surface area contributed by atoms with Crippen LogP contribution in [0.25, 0.3) is 0 Å². The highest BCUT2D eigenvalue weighted by atomic mass is 16.6. The summed E-state index contributed by atoms with van der Waals surface area (Å²) in [4.78, 5) is 22.1. The van der Waals surface area contributed by atoms with Gasteiger partial charge < -0.3 is 11.1 Å². The Morgan fingerprint density at radius 3 is 2.89 bits per heavy atom. The fourth-order valence-electron chi connectivity index (χ4n) is 1.34. The van der Waals surface area contributed by atoms with Crippen molar-refractivity contribution in [3.8, 4) is 0 Å². The van der Waals surface area contributed by atoms with Crippen molar-refractivity contribution in [2.24, 2.45) is 0 Å². The number of nitrogens with zero attached hydrogens (tertiary/aromatic N) is 4. The first-order valence-electron chi connectivity index (χ1n) is 5.07. The van der Waals surface area contributed by atoms with Gasteiger partial charge in [-0.1, -0.05) is 0 Å². The number of nitrogen functional groups attached to an aromatic ring is 1. The molecule has 3 N–H and O–H groups in total. The van der Waals surface area contributed by atoms with Crippen molar-refractivity contribution in [1.82, 2.24) is 15.0 Å². The maximum Gasteiger partial charge on any atom is 0.311 e. The van der Waals surface area contributed by atoms with E-state index in [1.807, 2.05) is 0 Å². The Balaban J connectivity index is 2.13. The molecule has 0 amide bonds. The van der Waals surface area contributed by atoms with E-state index in [1.54, 1.807) is 6.07 Å². The van der Waals surface area contributed by atoms with Crippen LogP contribution in [0.4, 0.5) is 17.3 Å². The van der Waals surface area contributed by atoms with Crippen LogP contribution in [0.1, 0.15) is 5.82 Å². The van der Waals surface area contributed by atoms with Crippen LogP contribution >= 0.6 is 0 Å². The summed E-state index contributed by atoms with van der Waals surface area (Å²) in [5, 5.41) is 13.6. The maximum absolute atomic E-state index is 10.8. The number of nitrogens with two attached hydrogens (primary N) is 1. The van der Waals surface area contributed by atoms with E-state index in [9.17, 15) is 10.1 Å². The predicted octanol–water partition coefficient (Wildman–Crippen LogP) is 0.974. The summed E-state index contributed by atoms with van der Waals surface area (Å²) in [5.74, 6) is 0.959. The van der Waals surface area contributed by atoms with E-state index in [0.717, 1.165) is 0 Å². The molecule has 0 aliphatic rings. The summed E-state index contributed by atoms with van der Waals surface area (Å²) in [7, 11) is 0. The van der Waals surface area contributed by atoms with Gasteiger partial charge >= 0.3 is 5.69 Å². The second-order valence-electron chi connectivity index (χ2n) is 3.38. The minimum absolute atomic E-state index is 0.0959. The SMILES string of the molecule is Nc1ccnc(CNc2ncccc2[N+](=O)[O-])n1. The molecule has 0 spiro atoms. The first kappa shape index (κ1) is 11.7. The van der Waals surface area contributed by atoms with Gasteiger partial charge in [0.2, 0.25) is 5.82 Å². The second kappa shape index (κ2) is 5.04. The van der Waals surface area contributed by atoms with E-state index in [2.05, 4.69) is 20.3 Å². The number of pyridine rings is 1. The van der Waals surface area contributed by atoms with Crippen LogP contribution in [0.2, 0.25) is 0 Å².